The van der Waals surface area contributed by atoms with Crippen LogP contribution in [0.4, 0.5) is 39.5 Å². The fraction of sp³-hybridized carbons (Fsp3) is 0.566. The van der Waals surface area contributed by atoms with Crippen molar-refractivity contribution in [2.75, 3.05) is 93.9 Å². The van der Waals surface area contributed by atoms with E-state index < -0.39 is 52.2 Å². The van der Waals surface area contributed by atoms with E-state index in [2.05, 4.69) is 15.1 Å². The Morgan fingerprint density at radius 2 is 0.922 bits per heavy atom. The summed E-state index contributed by atoms with van der Waals surface area (Å²) < 4.78 is 160. The largest absolute Gasteiger partial charge is 0.496 e. The van der Waals surface area contributed by atoms with Crippen LogP contribution >= 0.6 is 0 Å². The first-order valence-electron chi connectivity index (χ1n) is 35.8. The molecule has 6 aliphatic heterocycles. The number of carbonyl (C=O) groups excluding carboxylic acids is 3. The van der Waals surface area contributed by atoms with Gasteiger partial charge in [0.2, 0.25) is 0 Å². The Labute approximate surface area is 597 Å². The lowest BCUT2D eigenvalue weighted by molar-refractivity contribution is -0.146. The molecule has 3 aromatic carbocycles. The fourth-order valence-corrected chi connectivity index (χ4v) is 16.6. The smallest absolute Gasteiger partial charge is 0.431 e. The van der Waals surface area contributed by atoms with E-state index in [-0.39, 0.29) is 50.5 Å². The second kappa shape index (κ2) is 30.7. The minimum Gasteiger partial charge on any atom is -0.496 e. The van der Waals surface area contributed by atoms with E-state index in [1.807, 2.05) is 58.6 Å². The van der Waals surface area contributed by atoms with Crippen molar-refractivity contribution in [3.63, 3.8) is 0 Å². The number of fused-ring (bicyclic) bond motifs is 6. The Bertz CT molecular complexity index is 3970. The monoisotopic (exact) mass is 1450 g/mol. The minimum atomic E-state index is -4.39. The standard InChI is InChI=1S/C27H34F3N3O3.C25H32F3N3O3.C24H30F3N3O3.H2/c1-18(2)36-21-8-7-19(17-22(21)35-3)25(34)31-13-11-26(12-14-31)23-9-10-24(27(28,29)30)32(23)15-16-33(26)20-5-4-6-20;1-4-18-5-6-19(17-20(18)34-3)23(32)29-11-9-24(10-12-29)21-7-8-22(25(26,27)28)31(21)14-13-30(24)15-16-33-2;1-15(2)33-18-6-5-17(13-19(18)32-4)22(31)29-11-9-23(10-12-29)20-7-8-21(24(25,26)27)30(20)14-16(3)28-23;/h7-10,17-18,20H,4-6,11-16H2,1-3H3;5-8,17H,4,9-16H2,1-3H3;5-8,13,15-16,28H,9-12,14H2,1-4H3;1H. The minimum absolute atomic E-state index is 0. The summed E-state index contributed by atoms with van der Waals surface area (Å²) in [6, 6.07) is 24.6. The zero-order valence-corrected chi connectivity index (χ0v) is 60.4. The number of likely N-dealkylation sites (tertiary alicyclic amines) is 3. The number of carbonyl (C=O) groups is 3. The summed E-state index contributed by atoms with van der Waals surface area (Å²) in [6.45, 7) is 17.6. The molecule has 6 aromatic rings. The van der Waals surface area contributed by atoms with Gasteiger partial charge in [0, 0.05) is 133 Å². The van der Waals surface area contributed by atoms with Gasteiger partial charge in [-0.1, -0.05) is 19.4 Å². The molecule has 1 N–H and O–H groups in total. The predicted molar refractivity (Wildman–Crippen MR) is 371 cm³/mol. The molecule has 0 radical (unpaired) electrons. The molecule has 13 rings (SSSR count). The van der Waals surface area contributed by atoms with Crippen LogP contribution in [0.15, 0.2) is 91.0 Å². The van der Waals surface area contributed by atoms with Crippen molar-refractivity contribution in [3.05, 3.63) is 147 Å². The van der Waals surface area contributed by atoms with E-state index >= 15 is 0 Å². The number of amides is 3. The highest BCUT2D eigenvalue weighted by Crippen LogP contribution is 2.50. The normalized spacial score (nSPS) is 19.6. The molecule has 1 atom stereocenters. The third-order valence-corrected chi connectivity index (χ3v) is 21.8. The van der Waals surface area contributed by atoms with Crippen LogP contribution in [0.1, 0.15) is 172 Å². The van der Waals surface area contributed by atoms with E-state index in [0.29, 0.717) is 173 Å². The van der Waals surface area contributed by atoms with Gasteiger partial charge in [0.05, 0.1) is 56.8 Å². The molecule has 3 aromatic heterocycles. The Kier molecular flexibility index (Phi) is 22.7. The molecule has 103 heavy (non-hydrogen) atoms. The predicted octanol–water partition coefficient (Wildman–Crippen LogP) is 14.1. The summed E-state index contributed by atoms with van der Waals surface area (Å²) in [5.74, 6) is 2.53. The molecule has 3 amide bonds. The van der Waals surface area contributed by atoms with Crippen molar-refractivity contribution < 1.29 is 83.7 Å². The molecule has 9 heterocycles. The zero-order valence-electron chi connectivity index (χ0n) is 60.4. The summed E-state index contributed by atoms with van der Waals surface area (Å²) in [4.78, 5) is 49.9. The fourth-order valence-electron chi connectivity index (χ4n) is 16.6. The van der Waals surface area contributed by atoms with Gasteiger partial charge in [0.15, 0.2) is 23.0 Å². The van der Waals surface area contributed by atoms with Crippen LogP contribution in [0.25, 0.3) is 0 Å². The number of ether oxygens (including phenoxy) is 6. The molecule has 1 unspecified atom stereocenters. The molecule has 0 bridgehead atoms. The van der Waals surface area contributed by atoms with Gasteiger partial charge in [0.25, 0.3) is 17.7 Å². The van der Waals surface area contributed by atoms with Gasteiger partial charge >= 0.3 is 18.5 Å². The van der Waals surface area contributed by atoms with Gasteiger partial charge < -0.3 is 62.1 Å². The van der Waals surface area contributed by atoms with E-state index in [1.165, 1.54) is 39.0 Å². The number of benzene rings is 3. The zero-order chi connectivity index (χ0) is 74.1. The molecule has 564 valence electrons. The molecule has 4 fully saturated rings. The van der Waals surface area contributed by atoms with Crippen LogP contribution in [0.5, 0.6) is 28.7 Å². The van der Waals surface area contributed by atoms with E-state index in [4.69, 9.17) is 28.4 Å². The van der Waals surface area contributed by atoms with Gasteiger partial charge in [-0.2, -0.15) is 39.5 Å². The van der Waals surface area contributed by atoms with Gasteiger partial charge in [-0.15, -0.1) is 0 Å². The van der Waals surface area contributed by atoms with Gasteiger partial charge in [-0.05, 0) is 183 Å². The molecule has 3 saturated heterocycles. The number of hydrogen-bond acceptors (Lipinski definition) is 12. The van der Waals surface area contributed by atoms with E-state index in [9.17, 15) is 53.9 Å². The van der Waals surface area contributed by atoms with Crippen molar-refractivity contribution in [1.29, 1.82) is 0 Å². The quantitative estimate of drug-likeness (QED) is 0.0975. The average molecular weight is 1450 g/mol. The summed E-state index contributed by atoms with van der Waals surface area (Å²) in [6.07, 6.45) is -5.64. The van der Waals surface area contributed by atoms with Gasteiger partial charge in [-0.25, -0.2) is 0 Å². The second-order valence-corrected chi connectivity index (χ2v) is 28.5. The Morgan fingerprint density at radius 3 is 1.35 bits per heavy atom. The number of hydrogen-bond donors (Lipinski definition) is 1. The summed E-state index contributed by atoms with van der Waals surface area (Å²) >= 11 is 0. The Hall–Kier alpha value is -7.88. The van der Waals surface area contributed by atoms with Crippen LogP contribution in [0.3, 0.4) is 0 Å². The maximum Gasteiger partial charge on any atom is 0.431 e. The lowest BCUT2D eigenvalue weighted by Gasteiger charge is -2.56. The SMILES string of the molecule is CCc1ccc(C(=O)N2CCC3(CC2)c2ccc(C(F)(F)F)n2CCN3CCOC)cc1OC.COc1cc(C(=O)N2CCC3(CC2)NC(C)Cn2c(C(F)(F)F)ccc23)ccc1OC(C)C.COc1cc(C(=O)N2CCC3(CC2)c2ccc(C(F)(F)F)n2CCN3C2CCC2)ccc1OC(C)C.[HH]. The number of rotatable bonds is 15. The number of aromatic nitrogens is 3. The lowest BCUT2D eigenvalue weighted by atomic mass is 9.77. The first-order chi connectivity index (χ1) is 48.9. The maximum absolute atomic E-state index is 13.7. The van der Waals surface area contributed by atoms with Crippen molar-refractivity contribution in [1.82, 2.24) is 43.5 Å². The Balaban J connectivity index is 0.000000167. The highest BCUT2D eigenvalue weighted by Gasteiger charge is 2.53. The third kappa shape index (κ3) is 15.5. The number of methoxy groups -OCH3 is 4. The third-order valence-electron chi connectivity index (χ3n) is 21.8. The molecule has 7 aliphatic rings. The van der Waals surface area contributed by atoms with Gasteiger partial charge in [-0.3, -0.25) is 24.2 Å². The highest BCUT2D eigenvalue weighted by atomic mass is 19.4. The number of halogens is 9. The maximum atomic E-state index is 13.7. The number of piperidine rings is 3. The molecule has 27 heteroatoms. The van der Waals surface area contributed by atoms with Crippen LogP contribution in [0.2, 0.25) is 0 Å². The topological polar surface area (TPSA) is 150 Å². The summed E-state index contributed by atoms with van der Waals surface area (Å²) in [7, 11) is 6.29. The molecule has 3 spiro atoms. The number of nitrogens with zero attached hydrogens (tertiary/aromatic N) is 8. The lowest BCUT2D eigenvalue weighted by Crippen LogP contribution is -2.62. The molecule has 1 aliphatic carbocycles. The first kappa shape index (κ1) is 76.3. The van der Waals surface area contributed by atoms with Gasteiger partial charge in [0.1, 0.15) is 22.8 Å². The van der Waals surface area contributed by atoms with E-state index in [1.54, 1.807) is 91.8 Å². The number of aryl methyl sites for hydroxylation is 1. The Morgan fingerprint density at radius 1 is 0.505 bits per heavy atom. The molecular formula is C76H98F9N9O9. The van der Waals surface area contributed by atoms with Crippen molar-refractivity contribution in [3.8, 4) is 28.7 Å². The summed E-state index contributed by atoms with van der Waals surface area (Å²) in [5, 5.41) is 3.53. The average Bonchev–Trinajstić information content (AvgIpc) is 1.43. The number of alkyl halides is 9. The van der Waals surface area contributed by atoms with Crippen LogP contribution in [0, 0.1) is 0 Å². The first-order valence-corrected chi connectivity index (χ1v) is 35.8. The highest BCUT2D eigenvalue weighted by molar-refractivity contribution is 5.96. The second-order valence-electron chi connectivity index (χ2n) is 28.5. The van der Waals surface area contributed by atoms with Crippen LogP contribution in [-0.4, -0.2) is 174 Å². The molecular weight excluding hydrogens is 1350 g/mol. The van der Waals surface area contributed by atoms with E-state index in [0.717, 1.165) is 36.9 Å². The number of nitrogens with one attached hydrogen (secondary N) is 1. The van der Waals surface area contributed by atoms with Crippen LogP contribution in [-0.2, 0) is 65.9 Å². The van der Waals surface area contributed by atoms with Crippen molar-refractivity contribution in [2.45, 2.75) is 185 Å². The van der Waals surface area contributed by atoms with Crippen molar-refractivity contribution in [2.24, 2.45) is 0 Å². The van der Waals surface area contributed by atoms with Crippen LogP contribution < -0.4 is 29.0 Å². The van der Waals surface area contributed by atoms with Crippen molar-refractivity contribution >= 4 is 17.7 Å². The molecule has 1 saturated carbocycles. The summed E-state index contributed by atoms with van der Waals surface area (Å²) in [5.41, 5.74) is 1.29. The molecule has 18 nitrogen and oxygen atoms in total.